The second kappa shape index (κ2) is 11.8. The van der Waals surface area contributed by atoms with Crippen LogP contribution in [0.25, 0.3) is 0 Å². The molecular formula is C31H32. The lowest BCUT2D eigenvalue weighted by atomic mass is 10.0. The number of rotatable bonds is 6. The Bertz CT molecular complexity index is 1090. The average Bonchev–Trinajstić information content (AvgIpc) is 2.82. The first-order chi connectivity index (χ1) is 15.2. The van der Waals surface area contributed by atoms with Gasteiger partial charge in [0.2, 0.25) is 0 Å². The molecule has 0 saturated carbocycles. The molecule has 0 saturated heterocycles. The maximum absolute atomic E-state index is 3.36. The molecule has 0 amide bonds. The number of hydrogen-bond donors (Lipinski definition) is 0. The summed E-state index contributed by atoms with van der Waals surface area (Å²) in [6.45, 7) is 6.61. The topological polar surface area (TPSA) is 0 Å². The van der Waals surface area contributed by atoms with Crippen LogP contribution in [0.3, 0.4) is 0 Å². The van der Waals surface area contributed by atoms with Gasteiger partial charge in [-0.05, 0) is 84.8 Å². The van der Waals surface area contributed by atoms with E-state index in [-0.39, 0.29) is 0 Å². The van der Waals surface area contributed by atoms with E-state index in [4.69, 9.17) is 0 Å². The van der Waals surface area contributed by atoms with E-state index in [1.807, 2.05) is 0 Å². The summed E-state index contributed by atoms with van der Waals surface area (Å²) < 4.78 is 0. The normalized spacial score (nSPS) is 10.0. The third kappa shape index (κ3) is 6.91. The summed E-state index contributed by atoms with van der Waals surface area (Å²) in [4.78, 5) is 0. The quantitative estimate of drug-likeness (QED) is 0.377. The van der Waals surface area contributed by atoms with Gasteiger partial charge in [-0.15, -0.1) is 0 Å². The van der Waals surface area contributed by atoms with E-state index in [9.17, 15) is 0 Å². The van der Waals surface area contributed by atoms with Crippen LogP contribution in [-0.2, 0) is 19.3 Å². The molecule has 0 unspecified atom stereocenters. The van der Waals surface area contributed by atoms with Gasteiger partial charge >= 0.3 is 0 Å². The van der Waals surface area contributed by atoms with Crippen molar-refractivity contribution in [2.75, 3.05) is 0 Å². The minimum absolute atomic E-state index is 0.946. The minimum Gasteiger partial charge on any atom is -0.0654 e. The Morgan fingerprint density at radius 2 is 1.10 bits per heavy atom. The van der Waals surface area contributed by atoms with Gasteiger partial charge in [-0.1, -0.05) is 81.6 Å². The molecule has 0 bridgehead atoms. The molecule has 0 heterocycles. The Morgan fingerprint density at radius 3 is 1.68 bits per heavy atom. The SMILES string of the molecule is CCCCc1ccc(C#Cc2ccc(C#Cc3ccc(CCC)cc3)c(CC)c2)cc1. The van der Waals surface area contributed by atoms with E-state index in [2.05, 4.69) is 111 Å². The second-order valence-electron chi connectivity index (χ2n) is 7.97. The number of hydrogen-bond acceptors (Lipinski definition) is 0. The Labute approximate surface area is 188 Å². The summed E-state index contributed by atoms with van der Waals surface area (Å²) in [7, 11) is 0. The van der Waals surface area contributed by atoms with Crippen LogP contribution < -0.4 is 0 Å². The first kappa shape index (κ1) is 22.5. The fourth-order valence-corrected chi connectivity index (χ4v) is 3.55. The van der Waals surface area contributed by atoms with Crippen LogP contribution in [0, 0.1) is 23.7 Å². The van der Waals surface area contributed by atoms with E-state index in [1.165, 1.54) is 36.0 Å². The van der Waals surface area contributed by atoms with Gasteiger partial charge in [-0.2, -0.15) is 0 Å². The van der Waals surface area contributed by atoms with E-state index < -0.39 is 0 Å². The lowest BCUT2D eigenvalue weighted by molar-refractivity contribution is 0.795. The lowest BCUT2D eigenvalue weighted by Crippen LogP contribution is -1.90. The van der Waals surface area contributed by atoms with Crippen molar-refractivity contribution in [3.63, 3.8) is 0 Å². The van der Waals surface area contributed by atoms with E-state index in [0.717, 1.165) is 41.5 Å². The number of unbranched alkanes of at least 4 members (excludes halogenated alkanes) is 1. The molecule has 0 atom stereocenters. The molecule has 0 fully saturated rings. The fraction of sp³-hybridized carbons (Fsp3) is 0.290. The molecule has 3 aromatic carbocycles. The van der Waals surface area contributed by atoms with Crippen LogP contribution in [0.15, 0.2) is 66.7 Å². The number of benzene rings is 3. The maximum atomic E-state index is 3.36. The van der Waals surface area contributed by atoms with Gasteiger partial charge in [0.15, 0.2) is 0 Å². The van der Waals surface area contributed by atoms with Crippen LogP contribution >= 0.6 is 0 Å². The molecule has 0 aliphatic rings. The van der Waals surface area contributed by atoms with Crippen LogP contribution in [0.2, 0.25) is 0 Å². The van der Waals surface area contributed by atoms with Gasteiger partial charge in [0.05, 0.1) is 0 Å². The standard InChI is InChI=1S/C31H32/c1-4-7-9-26-12-16-27(17-13-26)18-19-29-21-23-31(30(6-3)24-29)22-20-28-14-10-25(8-5-2)11-15-28/h10-17,21,23-24H,4-9H2,1-3H3. The van der Waals surface area contributed by atoms with Crippen molar-refractivity contribution in [2.24, 2.45) is 0 Å². The third-order valence-corrected chi connectivity index (χ3v) is 5.44. The highest BCUT2D eigenvalue weighted by Gasteiger charge is 2.00. The van der Waals surface area contributed by atoms with Crippen molar-refractivity contribution >= 4 is 0 Å². The Balaban J connectivity index is 1.73. The zero-order chi connectivity index (χ0) is 21.9. The number of aryl methyl sites for hydroxylation is 3. The molecule has 156 valence electrons. The Morgan fingerprint density at radius 1 is 0.548 bits per heavy atom. The monoisotopic (exact) mass is 404 g/mol. The van der Waals surface area contributed by atoms with Crippen LogP contribution in [0.1, 0.15) is 79.0 Å². The third-order valence-electron chi connectivity index (χ3n) is 5.44. The first-order valence-electron chi connectivity index (χ1n) is 11.6. The van der Waals surface area contributed by atoms with Crippen LogP contribution in [0.4, 0.5) is 0 Å². The van der Waals surface area contributed by atoms with E-state index in [0.29, 0.717) is 0 Å². The largest absolute Gasteiger partial charge is 0.0654 e. The summed E-state index contributed by atoms with van der Waals surface area (Å²) in [5, 5.41) is 0. The molecular weight excluding hydrogens is 372 g/mol. The summed E-state index contributed by atoms with van der Waals surface area (Å²) in [6, 6.07) is 23.6. The van der Waals surface area contributed by atoms with Crippen molar-refractivity contribution in [3.8, 4) is 23.7 Å². The molecule has 3 rings (SSSR count). The second-order valence-corrected chi connectivity index (χ2v) is 7.97. The van der Waals surface area contributed by atoms with Crippen molar-refractivity contribution in [1.82, 2.24) is 0 Å². The van der Waals surface area contributed by atoms with Gasteiger partial charge in [0.1, 0.15) is 0 Å². The molecule has 0 aliphatic carbocycles. The molecule has 0 aliphatic heterocycles. The smallest absolute Gasteiger partial charge is 0.0281 e. The average molecular weight is 405 g/mol. The Hall–Kier alpha value is -3.22. The Kier molecular flexibility index (Phi) is 8.58. The molecule has 0 N–H and O–H groups in total. The highest BCUT2D eigenvalue weighted by atomic mass is 14.0. The van der Waals surface area contributed by atoms with Crippen LogP contribution in [-0.4, -0.2) is 0 Å². The predicted octanol–water partition coefficient (Wildman–Crippen LogP) is 7.34. The molecule has 0 aromatic heterocycles. The molecule has 0 spiro atoms. The van der Waals surface area contributed by atoms with Gasteiger partial charge in [0, 0.05) is 22.3 Å². The minimum atomic E-state index is 0.946. The fourth-order valence-electron chi connectivity index (χ4n) is 3.55. The summed E-state index contributed by atoms with van der Waals surface area (Å²) in [6.07, 6.45) is 6.86. The lowest BCUT2D eigenvalue weighted by Gasteiger charge is -2.03. The van der Waals surface area contributed by atoms with E-state index in [1.54, 1.807) is 0 Å². The zero-order valence-electron chi connectivity index (χ0n) is 19.1. The predicted molar refractivity (Wildman–Crippen MR) is 133 cm³/mol. The highest BCUT2D eigenvalue weighted by Crippen LogP contribution is 2.13. The summed E-state index contributed by atoms with van der Waals surface area (Å²) in [5.74, 6) is 13.3. The van der Waals surface area contributed by atoms with Crippen molar-refractivity contribution in [1.29, 1.82) is 0 Å². The molecule has 0 heteroatoms. The van der Waals surface area contributed by atoms with Gasteiger partial charge < -0.3 is 0 Å². The van der Waals surface area contributed by atoms with Crippen molar-refractivity contribution in [3.05, 3.63) is 106 Å². The van der Waals surface area contributed by atoms with Crippen molar-refractivity contribution in [2.45, 2.75) is 59.3 Å². The van der Waals surface area contributed by atoms with Gasteiger partial charge in [-0.3, -0.25) is 0 Å². The van der Waals surface area contributed by atoms with Crippen LogP contribution in [0.5, 0.6) is 0 Å². The highest BCUT2D eigenvalue weighted by molar-refractivity contribution is 5.52. The molecule has 31 heavy (non-hydrogen) atoms. The zero-order valence-corrected chi connectivity index (χ0v) is 19.1. The summed E-state index contributed by atoms with van der Waals surface area (Å²) >= 11 is 0. The maximum Gasteiger partial charge on any atom is 0.0281 e. The van der Waals surface area contributed by atoms with Crippen molar-refractivity contribution < 1.29 is 0 Å². The van der Waals surface area contributed by atoms with Gasteiger partial charge in [0.25, 0.3) is 0 Å². The molecule has 3 aromatic rings. The summed E-state index contributed by atoms with van der Waals surface area (Å²) in [5.41, 5.74) is 8.27. The van der Waals surface area contributed by atoms with Gasteiger partial charge in [-0.25, -0.2) is 0 Å². The van der Waals surface area contributed by atoms with E-state index >= 15 is 0 Å². The molecule has 0 radical (unpaired) electrons. The first-order valence-corrected chi connectivity index (χ1v) is 11.6. The molecule has 0 nitrogen and oxygen atoms in total.